The van der Waals surface area contributed by atoms with Crippen LogP contribution in [0.5, 0.6) is 0 Å². The van der Waals surface area contributed by atoms with E-state index in [9.17, 15) is 15.0 Å². The first-order valence-corrected chi connectivity index (χ1v) is 5.52. The van der Waals surface area contributed by atoms with Crippen LogP contribution in [0.2, 0.25) is 0 Å². The third-order valence-electron chi connectivity index (χ3n) is 4.68. The molecule has 4 saturated carbocycles. The van der Waals surface area contributed by atoms with Crippen molar-refractivity contribution in [3.8, 4) is 0 Å². The van der Waals surface area contributed by atoms with Gasteiger partial charge in [-0.05, 0) is 49.9 Å². The molecular formula is C11H16O3. The lowest BCUT2D eigenvalue weighted by Crippen LogP contribution is -2.56. The molecule has 0 heterocycles. The monoisotopic (exact) mass is 196 g/mol. The maximum absolute atomic E-state index is 11.3. The normalized spacial score (nSPS) is 54.9. The van der Waals surface area contributed by atoms with Crippen molar-refractivity contribution in [1.29, 1.82) is 0 Å². The average Bonchev–Trinajstić information content (AvgIpc) is 2.12. The summed E-state index contributed by atoms with van der Waals surface area (Å²) in [6.45, 7) is 0. The van der Waals surface area contributed by atoms with Crippen LogP contribution in [0.3, 0.4) is 0 Å². The van der Waals surface area contributed by atoms with Crippen molar-refractivity contribution in [1.82, 2.24) is 0 Å². The van der Waals surface area contributed by atoms with Gasteiger partial charge in [-0.2, -0.15) is 0 Å². The van der Waals surface area contributed by atoms with E-state index in [1.807, 2.05) is 0 Å². The van der Waals surface area contributed by atoms with Crippen LogP contribution in [0, 0.1) is 23.2 Å². The van der Waals surface area contributed by atoms with Gasteiger partial charge in [0, 0.05) is 0 Å². The second-order valence-corrected chi connectivity index (χ2v) is 5.55. The van der Waals surface area contributed by atoms with Gasteiger partial charge in [0.15, 0.2) is 0 Å². The van der Waals surface area contributed by atoms with E-state index in [0.717, 1.165) is 32.1 Å². The molecule has 0 aromatic rings. The number of hydrogen-bond acceptors (Lipinski definition) is 2. The van der Waals surface area contributed by atoms with Crippen molar-refractivity contribution in [3.05, 3.63) is 0 Å². The zero-order valence-electron chi connectivity index (χ0n) is 8.15. The molecule has 0 saturated heterocycles. The van der Waals surface area contributed by atoms with E-state index in [2.05, 4.69) is 0 Å². The van der Waals surface area contributed by atoms with Gasteiger partial charge in [0.05, 0.1) is 11.5 Å². The lowest BCUT2D eigenvalue weighted by Gasteiger charge is -2.56. The summed E-state index contributed by atoms with van der Waals surface area (Å²) in [5.74, 6) is 0.505. The maximum atomic E-state index is 11.3. The molecule has 0 aromatic carbocycles. The quantitative estimate of drug-likeness (QED) is 0.663. The van der Waals surface area contributed by atoms with Gasteiger partial charge in [-0.3, -0.25) is 4.79 Å². The standard InChI is InChI=1S/C11H16O3/c12-9-7-1-6-2-8(9)5-11(3-6,4-7)10(13)14/h6-9,12H,1-5H2,(H,13,14)/t6?,7-,8-,9?,11?/m1/s1. The SMILES string of the molecule is O=C(O)C12CC3C[C@H](C1)C(O)[C@H](C3)C2. The van der Waals surface area contributed by atoms with E-state index < -0.39 is 11.4 Å². The molecule has 14 heavy (non-hydrogen) atoms. The summed E-state index contributed by atoms with van der Waals surface area (Å²) in [7, 11) is 0. The smallest absolute Gasteiger partial charge is 0.309 e. The summed E-state index contributed by atoms with van der Waals surface area (Å²) in [6.07, 6.45) is 4.22. The van der Waals surface area contributed by atoms with E-state index in [4.69, 9.17) is 0 Å². The first kappa shape index (κ1) is 8.72. The Kier molecular flexibility index (Phi) is 1.56. The molecule has 0 spiro atoms. The molecule has 4 rings (SSSR count). The largest absolute Gasteiger partial charge is 0.481 e. The van der Waals surface area contributed by atoms with Crippen LogP contribution in [-0.4, -0.2) is 22.3 Å². The fraction of sp³-hybridized carbons (Fsp3) is 0.909. The van der Waals surface area contributed by atoms with Crippen molar-refractivity contribution in [3.63, 3.8) is 0 Å². The Morgan fingerprint density at radius 1 is 1.14 bits per heavy atom. The van der Waals surface area contributed by atoms with Gasteiger partial charge >= 0.3 is 5.97 Å². The minimum atomic E-state index is -0.621. The zero-order valence-corrected chi connectivity index (χ0v) is 8.15. The fourth-order valence-corrected chi connectivity index (χ4v) is 4.26. The Balaban J connectivity index is 1.96. The van der Waals surface area contributed by atoms with Crippen LogP contribution < -0.4 is 0 Å². The molecule has 3 nitrogen and oxygen atoms in total. The molecule has 4 fully saturated rings. The number of hydrogen-bond donors (Lipinski definition) is 2. The van der Waals surface area contributed by atoms with Crippen LogP contribution in [0.1, 0.15) is 32.1 Å². The number of aliphatic carboxylic acids is 1. The van der Waals surface area contributed by atoms with E-state index in [1.165, 1.54) is 0 Å². The molecule has 78 valence electrons. The minimum absolute atomic E-state index is 0.209. The second kappa shape index (κ2) is 2.51. The topological polar surface area (TPSA) is 57.5 Å². The summed E-state index contributed by atoms with van der Waals surface area (Å²) in [4.78, 5) is 11.3. The number of rotatable bonds is 1. The van der Waals surface area contributed by atoms with E-state index in [-0.39, 0.29) is 17.9 Å². The number of carbonyl (C=O) groups is 1. The predicted molar refractivity (Wildman–Crippen MR) is 49.6 cm³/mol. The number of aliphatic hydroxyl groups excluding tert-OH is 1. The summed E-state index contributed by atoms with van der Waals surface area (Å²) in [5, 5.41) is 19.2. The highest BCUT2D eigenvalue weighted by Crippen LogP contribution is 2.60. The van der Waals surface area contributed by atoms with Gasteiger partial charge in [0.25, 0.3) is 0 Å². The molecule has 0 aliphatic heterocycles. The Morgan fingerprint density at radius 3 is 2.21 bits per heavy atom. The molecule has 4 aliphatic carbocycles. The Hall–Kier alpha value is -0.570. The Labute approximate surface area is 83.1 Å². The van der Waals surface area contributed by atoms with Gasteiger partial charge in [0.2, 0.25) is 0 Å². The minimum Gasteiger partial charge on any atom is -0.481 e. The van der Waals surface area contributed by atoms with Gasteiger partial charge in [-0.25, -0.2) is 0 Å². The summed E-state index contributed by atoms with van der Waals surface area (Å²) >= 11 is 0. The Morgan fingerprint density at radius 2 is 1.71 bits per heavy atom. The molecule has 4 aliphatic rings. The first-order chi connectivity index (χ1) is 6.61. The second-order valence-electron chi connectivity index (χ2n) is 5.55. The van der Waals surface area contributed by atoms with Crippen molar-refractivity contribution in [2.75, 3.05) is 0 Å². The highest BCUT2D eigenvalue weighted by atomic mass is 16.4. The van der Waals surface area contributed by atoms with Crippen molar-refractivity contribution >= 4 is 5.97 Å². The number of aliphatic hydroxyl groups is 1. The lowest BCUT2D eigenvalue weighted by molar-refractivity contribution is -0.178. The lowest BCUT2D eigenvalue weighted by atomic mass is 9.48. The summed E-state index contributed by atoms with van der Waals surface area (Å²) < 4.78 is 0. The zero-order chi connectivity index (χ0) is 9.92. The van der Waals surface area contributed by atoms with Gasteiger partial charge < -0.3 is 10.2 Å². The Bertz CT molecular complexity index is 270. The van der Waals surface area contributed by atoms with Crippen molar-refractivity contribution in [2.24, 2.45) is 23.2 Å². The van der Waals surface area contributed by atoms with E-state index in [0.29, 0.717) is 5.92 Å². The van der Waals surface area contributed by atoms with Gasteiger partial charge in [0.1, 0.15) is 0 Å². The van der Waals surface area contributed by atoms with Crippen molar-refractivity contribution < 1.29 is 15.0 Å². The van der Waals surface area contributed by atoms with Crippen LogP contribution >= 0.6 is 0 Å². The molecule has 0 unspecified atom stereocenters. The maximum Gasteiger partial charge on any atom is 0.309 e. The predicted octanol–water partition coefficient (Wildman–Crippen LogP) is 1.26. The van der Waals surface area contributed by atoms with Crippen LogP contribution in [0.4, 0.5) is 0 Å². The summed E-state index contributed by atoms with van der Waals surface area (Å²) in [5.41, 5.74) is -0.463. The van der Waals surface area contributed by atoms with Crippen LogP contribution in [0.25, 0.3) is 0 Å². The summed E-state index contributed by atoms with van der Waals surface area (Å²) in [6, 6.07) is 0. The van der Waals surface area contributed by atoms with Crippen LogP contribution in [-0.2, 0) is 4.79 Å². The average molecular weight is 196 g/mol. The third kappa shape index (κ3) is 0.937. The van der Waals surface area contributed by atoms with E-state index in [1.54, 1.807) is 0 Å². The van der Waals surface area contributed by atoms with Gasteiger partial charge in [-0.15, -0.1) is 0 Å². The van der Waals surface area contributed by atoms with E-state index >= 15 is 0 Å². The molecule has 0 radical (unpaired) electrons. The highest BCUT2D eigenvalue weighted by Gasteiger charge is 2.58. The highest BCUT2D eigenvalue weighted by molar-refractivity contribution is 5.75. The number of carboxylic acid groups (broad SMARTS) is 1. The molecule has 4 bridgehead atoms. The molecule has 0 aromatic heterocycles. The number of carboxylic acids is 1. The molecule has 2 N–H and O–H groups in total. The van der Waals surface area contributed by atoms with Crippen LogP contribution in [0.15, 0.2) is 0 Å². The first-order valence-electron chi connectivity index (χ1n) is 5.52. The van der Waals surface area contributed by atoms with Gasteiger partial charge in [-0.1, -0.05) is 0 Å². The third-order valence-corrected chi connectivity index (χ3v) is 4.68. The molecule has 2 atom stereocenters. The molecule has 3 heteroatoms. The molecule has 0 amide bonds. The molecular weight excluding hydrogens is 180 g/mol. The fourth-order valence-electron chi connectivity index (χ4n) is 4.26. The van der Waals surface area contributed by atoms with Crippen molar-refractivity contribution in [2.45, 2.75) is 38.2 Å².